The fourth-order valence-electron chi connectivity index (χ4n) is 10.1. The first-order chi connectivity index (χ1) is 21.5. The lowest BCUT2D eigenvalue weighted by atomic mass is 8.92. The average Bonchev–Trinajstić information content (AvgIpc) is 3.52. The summed E-state index contributed by atoms with van der Waals surface area (Å²) in [6, 6.07) is 0.782. The monoisotopic (exact) mass is 671 g/mol. The number of benzene rings is 1. The molecular weight excluding hydrogens is 640 g/mol. The minimum absolute atomic E-state index is 0.00333. The molecule has 1 amide bonds. The van der Waals surface area contributed by atoms with Crippen LogP contribution in [0, 0.1) is 58.0 Å². The van der Waals surface area contributed by atoms with Crippen molar-refractivity contribution in [3.63, 3.8) is 0 Å². The maximum Gasteiger partial charge on any atom is 0.416 e. The van der Waals surface area contributed by atoms with Gasteiger partial charge in [0.1, 0.15) is 17.2 Å². The van der Waals surface area contributed by atoms with Crippen molar-refractivity contribution in [1.82, 2.24) is 9.88 Å². The van der Waals surface area contributed by atoms with Gasteiger partial charge < -0.3 is 14.2 Å². The number of esters is 2. The molecule has 2 aromatic rings. The van der Waals surface area contributed by atoms with E-state index in [2.05, 4.69) is 4.98 Å². The second-order valence-electron chi connectivity index (χ2n) is 15.1. The van der Waals surface area contributed by atoms with Crippen LogP contribution >= 0.6 is 22.9 Å². The van der Waals surface area contributed by atoms with Crippen molar-refractivity contribution in [2.75, 3.05) is 7.11 Å². The topological polar surface area (TPSA) is 107 Å². The molecule has 0 bridgehead atoms. The van der Waals surface area contributed by atoms with E-state index in [1.165, 1.54) is 24.5 Å². The lowest BCUT2D eigenvalue weighted by Crippen LogP contribution is -3.11. The summed E-state index contributed by atoms with van der Waals surface area (Å²) in [6.07, 6.45) is 0.675. The summed E-state index contributed by atoms with van der Waals surface area (Å²) in [4.78, 5) is 52.1. The van der Waals surface area contributed by atoms with Crippen molar-refractivity contribution in [1.29, 1.82) is 0 Å². The van der Waals surface area contributed by atoms with Crippen molar-refractivity contribution in [2.45, 2.75) is 58.8 Å². The lowest BCUT2D eigenvalue weighted by molar-refractivity contribution is -0.633. The van der Waals surface area contributed by atoms with Gasteiger partial charge >= 0.3 is 18.0 Å². The Morgan fingerprint density at radius 3 is 2.09 bits per heavy atom. The van der Waals surface area contributed by atoms with E-state index in [1.54, 1.807) is 32.3 Å². The molecule has 0 saturated heterocycles. The highest BCUT2D eigenvalue weighted by Gasteiger charge is 3.12. The summed E-state index contributed by atoms with van der Waals surface area (Å²) in [5.74, 6) is -2.73. The molecule has 2 heterocycles. The molecule has 0 N–H and O–H groups in total. The van der Waals surface area contributed by atoms with Crippen LogP contribution < -0.4 is 0 Å². The number of amidine groups is 1. The van der Waals surface area contributed by atoms with E-state index in [0.29, 0.717) is 10.7 Å². The predicted octanol–water partition coefficient (Wildman–Crippen LogP) is 6.32. The molecule has 6 saturated carbocycles. The Hall–Kier alpha value is -3.38. The second kappa shape index (κ2) is 8.94. The van der Waals surface area contributed by atoms with Crippen molar-refractivity contribution >= 4 is 46.8 Å². The van der Waals surface area contributed by atoms with Crippen LogP contribution in [0.4, 0.5) is 13.6 Å². The molecule has 6 aliphatic carbocycles. The minimum atomic E-state index is -1.38. The van der Waals surface area contributed by atoms with Crippen LogP contribution in [0.25, 0.3) is 0 Å². The van der Waals surface area contributed by atoms with Gasteiger partial charge in [-0.2, -0.15) is 0 Å². The number of rotatable bonds is 5. The Kier molecular flexibility index (Phi) is 5.83. The van der Waals surface area contributed by atoms with E-state index >= 15 is 4.39 Å². The number of ether oxygens (including phenoxy) is 3. The van der Waals surface area contributed by atoms with Crippen molar-refractivity contribution in [3.05, 3.63) is 62.2 Å². The highest BCUT2D eigenvalue weighted by molar-refractivity contribution is 7.11. The number of carbonyl (C=O) groups is 3. The van der Waals surface area contributed by atoms with Crippen LogP contribution in [-0.4, -0.2) is 52.1 Å². The Bertz CT molecular complexity index is 1770. The average molecular weight is 672 g/mol. The lowest BCUT2D eigenvalue weighted by Gasteiger charge is -3.10. The largest absolute Gasteiger partial charge is 0.466 e. The first-order valence-electron chi connectivity index (χ1n) is 15.2. The van der Waals surface area contributed by atoms with E-state index in [4.69, 9.17) is 30.8 Å². The molecule has 242 valence electrons. The van der Waals surface area contributed by atoms with E-state index in [1.807, 2.05) is 20.8 Å². The standard InChI is InChI=1S/C33H32ClF2N3O6S/c1-30(2,3)44-28(41)33-18-15-19(33)17-20(33)16(18)32(15,17)24-14(27(40)43-7)23(12-8-9-13(35)22(36)21(12)34)39(29(42)45-31(4,5)6)25(38-24)26-37-10-11-46-26/h8-11,15-20,23H,1-7H3. The molecular formula is C33H32ClF2N3O6S. The third-order valence-electron chi connectivity index (χ3n) is 11.0. The van der Waals surface area contributed by atoms with Gasteiger partial charge in [-0.25, -0.2) is 33.2 Å². The molecule has 1 aliphatic heterocycles. The zero-order chi connectivity index (χ0) is 33.0. The number of amides is 1. The van der Waals surface area contributed by atoms with Crippen LogP contribution in [0.2, 0.25) is 5.02 Å². The number of allylic oxidation sites excluding steroid dienone is 1. The highest BCUT2D eigenvalue weighted by atomic mass is 35.5. The molecule has 9 rings (SSSR count). The summed E-state index contributed by atoms with van der Waals surface area (Å²) in [5.41, 5.74) is -2.18. The molecule has 1 aromatic carbocycles. The summed E-state index contributed by atoms with van der Waals surface area (Å²) in [6.45, 7) is 10.6. The third-order valence-corrected chi connectivity index (χ3v) is 12.2. The summed E-state index contributed by atoms with van der Waals surface area (Å²) >= 11 is 7.70. The van der Waals surface area contributed by atoms with Crippen LogP contribution in [0.15, 0.2) is 40.0 Å². The summed E-state index contributed by atoms with van der Waals surface area (Å²) in [5, 5.41) is 1.49. The molecule has 9 nitrogen and oxygen atoms in total. The van der Waals surface area contributed by atoms with Gasteiger partial charge in [0.15, 0.2) is 22.5 Å². The number of methoxy groups -OCH3 is 1. The Morgan fingerprint density at radius 1 is 0.957 bits per heavy atom. The Labute approximate surface area is 272 Å². The SMILES string of the molecule is COC(=O)C1=C(C23C4C5C2C2C3C4C52C(=O)OC(C)(C)C)N=C(c2nccs2)N(C(=O)OC(C)(C)C)C1c1ccc(F)c(F)c1Cl. The Morgan fingerprint density at radius 2 is 1.57 bits per heavy atom. The van der Waals surface area contributed by atoms with Gasteiger partial charge in [-0.3, -0.25) is 4.79 Å². The molecule has 0 spiro atoms. The smallest absolute Gasteiger partial charge is 0.416 e. The van der Waals surface area contributed by atoms with Crippen molar-refractivity contribution in [3.8, 4) is 0 Å². The van der Waals surface area contributed by atoms with Crippen molar-refractivity contribution < 1.29 is 37.4 Å². The molecule has 0 radical (unpaired) electrons. The van der Waals surface area contributed by atoms with Gasteiger partial charge in [0.25, 0.3) is 0 Å². The molecule has 1 unspecified atom stereocenters. The summed E-state index contributed by atoms with van der Waals surface area (Å²) < 4.78 is 46.5. The number of aliphatic imine (C=N–C) groups is 1. The number of aromatic nitrogens is 1. The molecule has 7 aliphatic rings. The molecule has 1 aromatic heterocycles. The normalized spacial score (nSPS) is 35.8. The third kappa shape index (κ3) is 3.22. The first kappa shape index (κ1) is 30.0. The van der Waals surface area contributed by atoms with E-state index in [-0.39, 0.29) is 58.4 Å². The number of carbonyl (C=O) groups excluding carboxylic acids is 3. The Balaban J connectivity index is 1.31. The zero-order valence-electron chi connectivity index (χ0n) is 26.2. The first-order valence-corrected chi connectivity index (χ1v) is 16.5. The maximum absolute atomic E-state index is 15.1. The van der Waals surface area contributed by atoms with Crippen LogP contribution in [0.1, 0.15) is 58.2 Å². The second-order valence-corrected chi connectivity index (χ2v) is 16.3. The summed E-state index contributed by atoms with van der Waals surface area (Å²) in [7, 11) is 1.21. The highest BCUT2D eigenvalue weighted by Crippen LogP contribution is 3.11. The van der Waals surface area contributed by atoms with Gasteiger partial charge in [-0.15, -0.1) is 11.3 Å². The van der Waals surface area contributed by atoms with Crippen LogP contribution in [-0.2, 0) is 23.8 Å². The van der Waals surface area contributed by atoms with Gasteiger partial charge in [0.05, 0.1) is 28.8 Å². The van der Waals surface area contributed by atoms with E-state index in [0.717, 1.165) is 11.0 Å². The number of nitrogens with zero attached hydrogens (tertiary/aromatic N) is 3. The quantitative estimate of drug-likeness (QED) is 0.208. The van der Waals surface area contributed by atoms with Crippen LogP contribution in [0.3, 0.4) is 0 Å². The number of thiazole rings is 1. The van der Waals surface area contributed by atoms with Gasteiger partial charge in [-0.1, -0.05) is 17.7 Å². The number of hydrogen-bond donors (Lipinski definition) is 0. The minimum Gasteiger partial charge on any atom is -0.466 e. The predicted molar refractivity (Wildman–Crippen MR) is 162 cm³/mol. The fraction of sp³-hybridized carbons (Fsp3) is 0.545. The zero-order valence-corrected chi connectivity index (χ0v) is 27.8. The van der Waals surface area contributed by atoms with E-state index < -0.39 is 56.8 Å². The fourth-order valence-corrected chi connectivity index (χ4v) is 10.9. The van der Waals surface area contributed by atoms with Gasteiger partial charge in [-0.05, 0) is 83.1 Å². The molecule has 46 heavy (non-hydrogen) atoms. The van der Waals surface area contributed by atoms with Gasteiger partial charge in [0, 0.05) is 22.6 Å². The molecule has 13 heteroatoms. The maximum atomic E-state index is 15.1. The molecule has 6 fully saturated rings. The number of halogens is 3. The van der Waals surface area contributed by atoms with E-state index in [9.17, 15) is 18.8 Å². The number of hydrogen-bond acceptors (Lipinski definition) is 9. The van der Waals surface area contributed by atoms with Crippen LogP contribution in [0.5, 0.6) is 0 Å². The van der Waals surface area contributed by atoms with Gasteiger partial charge in [0.2, 0.25) is 0 Å². The van der Waals surface area contributed by atoms with Crippen molar-refractivity contribution in [2.24, 2.45) is 51.3 Å². The molecule has 1 atom stereocenters.